The SMILES string of the molecule is N#Cc1ccc(S(=O)(=O)Nc2cc(C(F)(F)F)ccc2C(=O)NC23CC(c4ccccc4)(C2)C3)cc1. The molecule has 184 valence electrons. The van der Waals surface area contributed by atoms with Gasteiger partial charge in [-0.15, -0.1) is 0 Å². The first kappa shape index (κ1) is 23.9. The maximum atomic E-state index is 13.4. The van der Waals surface area contributed by atoms with Crippen molar-refractivity contribution in [2.24, 2.45) is 0 Å². The molecule has 10 heteroatoms. The van der Waals surface area contributed by atoms with Crippen LogP contribution in [0.2, 0.25) is 0 Å². The quantitative estimate of drug-likeness (QED) is 0.488. The molecule has 36 heavy (non-hydrogen) atoms. The lowest BCUT2D eigenvalue weighted by atomic mass is 9.37. The highest BCUT2D eigenvalue weighted by molar-refractivity contribution is 7.92. The summed E-state index contributed by atoms with van der Waals surface area (Å²) in [6.45, 7) is 0. The minimum atomic E-state index is -4.74. The second-order valence-corrected chi connectivity index (χ2v) is 11.1. The normalized spacial score (nSPS) is 22.5. The first-order chi connectivity index (χ1) is 17.0. The second kappa shape index (κ2) is 8.10. The first-order valence-corrected chi connectivity index (χ1v) is 12.6. The van der Waals surface area contributed by atoms with Crippen LogP contribution in [0.15, 0.2) is 77.7 Å². The number of hydrogen-bond acceptors (Lipinski definition) is 4. The summed E-state index contributed by atoms with van der Waals surface area (Å²) >= 11 is 0. The Morgan fingerprint density at radius 3 is 2.17 bits per heavy atom. The molecule has 0 aliphatic heterocycles. The van der Waals surface area contributed by atoms with Gasteiger partial charge in [-0.1, -0.05) is 30.3 Å². The number of amides is 1. The molecule has 3 saturated carbocycles. The van der Waals surface area contributed by atoms with E-state index in [0.717, 1.165) is 12.1 Å². The summed E-state index contributed by atoms with van der Waals surface area (Å²) in [5.41, 5.74) is -0.834. The van der Waals surface area contributed by atoms with Gasteiger partial charge in [-0.25, -0.2) is 8.42 Å². The molecule has 0 spiro atoms. The van der Waals surface area contributed by atoms with Crippen LogP contribution in [-0.4, -0.2) is 19.9 Å². The summed E-state index contributed by atoms with van der Waals surface area (Å²) in [7, 11) is -4.33. The number of alkyl halides is 3. The van der Waals surface area contributed by atoms with Gasteiger partial charge in [0.05, 0.1) is 33.3 Å². The lowest BCUT2D eigenvalue weighted by Gasteiger charge is -2.71. The third kappa shape index (κ3) is 4.09. The zero-order chi connectivity index (χ0) is 25.8. The number of halogens is 3. The van der Waals surface area contributed by atoms with Crippen molar-refractivity contribution in [1.82, 2.24) is 5.32 Å². The minimum absolute atomic E-state index is 0.00527. The van der Waals surface area contributed by atoms with Gasteiger partial charge < -0.3 is 5.32 Å². The van der Waals surface area contributed by atoms with Gasteiger partial charge in [0, 0.05) is 11.0 Å². The van der Waals surface area contributed by atoms with E-state index in [-0.39, 0.29) is 21.4 Å². The Morgan fingerprint density at radius 1 is 0.944 bits per heavy atom. The number of nitrogens with zero attached hydrogens (tertiary/aromatic N) is 1. The lowest BCUT2D eigenvalue weighted by Crippen LogP contribution is -2.76. The summed E-state index contributed by atoms with van der Waals surface area (Å²) in [6, 6.07) is 19.0. The smallest absolute Gasteiger partial charge is 0.346 e. The van der Waals surface area contributed by atoms with Crippen LogP contribution in [0.1, 0.15) is 46.3 Å². The average molecular weight is 512 g/mol. The van der Waals surface area contributed by atoms with E-state index in [4.69, 9.17) is 5.26 Å². The Balaban J connectivity index is 1.40. The molecule has 1 amide bonds. The number of carbonyl (C=O) groups is 1. The monoisotopic (exact) mass is 511 g/mol. The van der Waals surface area contributed by atoms with Crippen molar-refractivity contribution in [2.45, 2.75) is 41.3 Å². The summed E-state index contributed by atoms with van der Waals surface area (Å²) in [4.78, 5) is 12.9. The molecule has 2 N–H and O–H groups in total. The zero-order valence-electron chi connectivity index (χ0n) is 18.8. The van der Waals surface area contributed by atoms with E-state index < -0.39 is 38.9 Å². The first-order valence-electron chi connectivity index (χ1n) is 11.1. The molecule has 3 aromatic carbocycles. The highest BCUT2D eigenvalue weighted by Gasteiger charge is 2.69. The predicted molar refractivity (Wildman–Crippen MR) is 126 cm³/mol. The molecule has 3 aliphatic carbocycles. The van der Waals surface area contributed by atoms with Crippen LogP contribution in [0.5, 0.6) is 0 Å². The van der Waals surface area contributed by atoms with E-state index in [2.05, 4.69) is 10.0 Å². The summed E-state index contributed by atoms with van der Waals surface area (Å²) in [5.74, 6) is -0.650. The number of hydrogen-bond donors (Lipinski definition) is 2. The molecule has 6 rings (SSSR count). The highest BCUT2D eigenvalue weighted by Crippen LogP contribution is 2.67. The Kier molecular flexibility index (Phi) is 5.37. The zero-order valence-corrected chi connectivity index (χ0v) is 19.6. The fourth-order valence-electron chi connectivity index (χ4n) is 5.24. The van der Waals surface area contributed by atoms with Crippen LogP contribution in [-0.2, 0) is 21.6 Å². The molecule has 6 nitrogen and oxygen atoms in total. The van der Waals surface area contributed by atoms with Crippen molar-refractivity contribution >= 4 is 21.6 Å². The molecule has 0 saturated heterocycles. The summed E-state index contributed by atoms with van der Waals surface area (Å²) in [6.07, 6.45) is -2.60. The maximum Gasteiger partial charge on any atom is 0.416 e. The highest BCUT2D eigenvalue weighted by atomic mass is 32.2. The average Bonchev–Trinajstić information content (AvgIpc) is 2.80. The van der Waals surface area contributed by atoms with Crippen molar-refractivity contribution in [3.8, 4) is 6.07 Å². The predicted octanol–water partition coefficient (Wildman–Crippen LogP) is 4.98. The van der Waals surface area contributed by atoms with E-state index >= 15 is 0 Å². The molecule has 0 unspecified atom stereocenters. The Morgan fingerprint density at radius 2 is 1.58 bits per heavy atom. The lowest BCUT2D eigenvalue weighted by molar-refractivity contribution is -0.137. The largest absolute Gasteiger partial charge is 0.416 e. The van der Waals surface area contributed by atoms with Gasteiger partial charge in [-0.3, -0.25) is 9.52 Å². The minimum Gasteiger partial charge on any atom is -0.346 e. The fraction of sp³-hybridized carbons (Fsp3) is 0.231. The third-order valence-corrected chi connectivity index (χ3v) is 8.31. The van der Waals surface area contributed by atoms with Gasteiger partial charge in [-0.05, 0) is 67.3 Å². The Hall–Kier alpha value is -3.84. The van der Waals surface area contributed by atoms with Gasteiger partial charge >= 0.3 is 6.18 Å². The second-order valence-electron chi connectivity index (χ2n) is 9.41. The number of anilines is 1. The maximum absolute atomic E-state index is 13.4. The van der Waals surface area contributed by atoms with Gasteiger partial charge in [0.1, 0.15) is 0 Å². The molecule has 3 aliphatic rings. The van der Waals surface area contributed by atoms with E-state index in [1.54, 1.807) is 0 Å². The van der Waals surface area contributed by atoms with Crippen LogP contribution < -0.4 is 10.0 Å². The standard InChI is InChI=1S/C26H20F3N3O3S/c27-26(28,29)19-8-11-21(22(12-19)32-36(34,35)20-9-6-17(13-30)7-10-20)23(33)31-25-14-24(15-25,16-25)18-4-2-1-3-5-18/h1-12,32H,14-16H2,(H,31,33). The van der Waals surface area contributed by atoms with Crippen LogP contribution >= 0.6 is 0 Å². The van der Waals surface area contributed by atoms with Gasteiger partial charge in [0.2, 0.25) is 0 Å². The molecule has 0 aromatic heterocycles. The molecule has 0 atom stereocenters. The summed E-state index contributed by atoms with van der Waals surface area (Å²) < 4.78 is 68.0. The number of benzene rings is 3. The number of nitrogens with one attached hydrogen (secondary N) is 2. The molecule has 3 aromatic rings. The topological polar surface area (TPSA) is 99.1 Å². The number of carbonyl (C=O) groups excluding carboxylic acids is 1. The molecule has 0 radical (unpaired) electrons. The van der Waals surface area contributed by atoms with Gasteiger partial charge in [0.25, 0.3) is 15.9 Å². The van der Waals surface area contributed by atoms with Crippen molar-refractivity contribution in [3.05, 3.63) is 95.1 Å². The number of rotatable bonds is 6. The van der Waals surface area contributed by atoms with Crippen molar-refractivity contribution in [1.29, 1.82) is 5.26 Å². The Labute approximate surface area is 205 Å². The van der Waals surface area contributed by atoms with Crippen LogP contribution in [0.25, 0.3) is 0 Å². The molecule has 2 bridgehead atoms. The Bertz CT molecular complexity index is 1480. The van der Waals surface area contributed by atoms with Crippen molar-refractivity contribution in [2.75, 3.05) is 4.72 Å². The molecular formula is C26H20F3N3O3S. The van der Waals surface area contributed by atoms with Crippen LogP contribution in [0.4, 0.5) is 18.9 Å². The van der Waals surface area contributed by atoms with Gasteiger partial charge in [-0.2, -0.15) is 18.4 Å². The molecule has 3 fully saturated rings. The van der Waals surface area contributed by atoms with E-state index in [1.807, 2.05) is 36.4 Å². The summed E-state index contributed by atoms with van der Waals surface area (Å²) in [5, 5.41) is 11.8. The van der Waals surface area contributed by atoms with Crippen LogP contribution in [0, 0.1) is 11.3 Å². The van der Waals surface area contributed by atoms with Gasteiger partial charge in [0.15, 0.2) is 0 Å². The van der Waals surface area contributed by atoms with E-state index in [1.165, 1.54) is 29.8 Å². The van der Waals surface area contributed by atoms with Crippen molar-refractivity contribution in [3.63, 3.8) is 0 Å². The molecular weight excluding hydrogens is 491 g/mol. The third-order valence-electron chi connectivity index (χ3n) is 6.92. The van der Waals surface area contributed by atoms with Crippen molar-refractivity contribution < 1.29 is 26.4 Å². The number of nitriles is 1. The van der Waals surface area contributed by atoms with Crippen LogP contribution in [0.3, 0.4) is 0 Å². The molecule has 0 heterocycles. The number of sulfonamides is 1. The van der Waals surface area contributed by atoms with E-state index in [0.29, 0.717) is 25.3 Å². The van der Waals surface area contributed by atoms with E-state index in [9.17, 15) is 26.4 Å². The fourth-order valence-corrected chi connectivity index (χ4v) is 6.31.